The highest BCUT2D eigenvalue weighted by Gasteiger charge is 2.51. The van der Waals surface area contributed by atoms with Crippen molar-refractivity contribution in [3.05, 3.63) is 109 Å². The van der Waals surface area contributed by atoms with Gasteiger partial charge in [-0.25, -0.2) is 29.9 Å². The third-order valence-electron chi connectivity index (χ3n) is 19.2. The molecule has 4 aliphatic rings. The van der Waals surface area contributed by atoms with Crippen molar-refractivity contribution < 1.29 is 55.5 Å². The molecule has 4 fully saturated rings. The van der Waals surface area contributed by atoms with E-state index >= 15 is 0 Å². The Labute approximate surface area is 567 Å². The van der Waals surface area contributed by atoms with Crippen molar-refractivity contribution in [2.75, 3.05) is 52.6 Å². The van der Waals surface area contributed by atoms with Crippen LogP contribution in [0, 0.1) is 22.7 Å². The first-order chi connectivity index (χ1) is 46.7. The number of hydrogen-bond acceptors (Lipinski definition) is 18. The van der Waals surface area contributed by atoms with E-state index in [2.05, 4.69) is 91.1 Å². The standard InChI is InChI=1S/2C34H43F3N8O3Si/c2*1-49(2,3)15-14-47-23-44-12-6-28-31(39-22-40-32(28)44)25-20-41-45(21-25)33(8-9-38)18-26(19-33)43-10-4-27(5-11-43)48-30-17-24(7-13-46)16-29(42-30)34(35,36)37/h2*6,12,16-17,20-22,26-27,46H,4-5,7-8,10-11,13-15,18-19,23H2,1-3H3. The van der Waals surface area contributed by atoms with Crippen LogP contribution in [0.2, 0.25) is 51.4 Å². The minimum absolute atomic E-state index is 0.0637. The van der Waals surface area contributed by atoms with Crippen molar-refractivity contribution in [1.29, 1.82) is 10.5 Å². The third kappa shape index (κ3) is 17.1. The first-order valence-corrected chi connectivity index (χ1v) is 41.0. The predicted molar refractivity (Wildman–Crippen MR) is 359 cm³/mol. The smallest absolute Gasteiger partial charge is 0.433 e. The third-order valence-corrected chi connectivity index (χ3v) is 22.6. The fourth-order valence-electron chi connectivity index (χ4n) is 13.6. The highest BCUT2D eigenvalue weighted by atomic mass is 28.3. The number of aliphatic hydroxyl groups is 2. The van der Waals surface area contributed by atoms with Crippen LogP contribution in [0.1, 0.15) is 86.7 Å². The number of nitrogens with zero attached hydrogens (tertiary/aromatic N) is 16. The van der Waals surface area contributed by atoms with Crippen LogP contribution in [0.4, 0.5) is 26.3 Å². The molecule has 0 atom stereocenters. The van der Waals surface area contributed by atoms with Crippen LogP contribution >= 0.6 is 0 Å². The Morgan fingerprint density at radius 2 is 0.959 bits per heavy atom. The van der Waals surface area contributed by atoms with Gasteiger partial charge >= 0.3 is 12.4 Å². The van der Waals surface area contributed by atoms with Crippen molar-refractivity contribution in [3.8, 4) is 46.4 Å². The summed E-state index contributed by atoms with van der Waals surface area (Å²) < 4.78 is 112. The summed E-state index contributed by atoms with van der Waals surface area (Å²) in [5.74, 6) is -0.127. The number of pyridine rings is 2. The van der Waals surface area contributed by atoms with E-state index in [9.17, 15) is 47.1 Å². The van der Waals surface area contributed by atoms with Gasteiger partial charge in [0.15, 0.2) is 0 Å². The maximum absolute atomic E-state index is 13.4. The Kier molecular flexibility index (Phi) is 21.9. The number of hydrogen-bond donors (Lipinski definition) is 2. The first kappa shape index (κ1) is 71.6. The number of aromatic nitrogens is 12. The van der Waals surface area contributed by atoms with Crippen molar-refractivity contribution in [1.82, 2.24) is 68.4 Å². The van der Waals surface area contributed by atoms with E-state index in [0.717, 1.165) is 134 Å². The van der Waals surface area contributed by atoms with E-state index in [1.807, 2.05) is 55.4 Å². The van der Waals surface area contributed by atoms with Crippen LogP contribution in [0.5, 0.6) is 11.8 Å². The average molecular weight is 1390 g/mol. The number of fused-ring (bicyclic) bond motifs is 2. The lowest BCUT2D eigenvalue weighted by Crippen LogP contribution is -2.58. The van der Waals surface area contributed by atoms with Gasteiger partial charge in [0, 0.05) is 140 Å². The minimum Gasteiger partial charge on any atom is -0.474 e. The first-order valence-electron chi connectivity index (χ1n) is 33.5. The summed E-state index contributed by atoms with van der Waals surface area (Å²) >= 11 is 0. The lowest BCUT2D eigenvalue weighted by atomic mass is 9.69. The van der Waals surface area contributed by atoms with E-state index < -0.39 is 51.0 Å². The quantitative estimate of drug-likeness (QED) is 0.0290. The summed E-state index contributed by atoms with van der Waals surface area (Å²) in [6.07, 6.45) is 11.3. The minimum atomic E-state index is -4.60. The molecule has 0 spiro atoms. The molecule has 0 unspecified atom stereocenters. The zero-order valence-corrected chi connectivity index (χ0v) is 58.3. The second-order valence-corrected chi connectivity index (χ2v) is 40.1. The number of nitriles is 2. The van der Waals surface area contributed by atoms with Crippen LogP contribution in [0.15, 0.2) is 86.2 Å². The number of aliphatic hydroxyl groups excluding tert-OH is 2. The molecule has 2 saturated heterocycles. The van der Waals surface area contributed by atoms with Crippen molar-refractivity contribution >= 4 is 38.2 Å². The molecule has 0 aromatic carbocycles. The van der Waals surface area contributed by atoms with E-state index in [1.54, 1.807) is 25.0 Å². The average Bonchev–Trinajstić information content (AvgIpc) is 1.45. The lowest BCUT2D eigenvalue weighted by molar-refractivity contribution is -0.142. The van der Waals surface area contributed by atoms with Gasteiger partial charge in [0.2, 0.25) is 11.8 Å². The van der Waals surface area contributed by atoms with Gasteiger partial charge in [0.1, 0.15) is 61.0 Å². The molecule has 0 amide bonds. The monoisotopic (exact) mass is 1390 g/mol. The maximum atomic E-state index is 13.4. The summed E-state index contributed by atoms with van der Waals surface area (Å²) in [5.41, 5.74) is 2.63. The second kappa shape index (κ2) is 30.0. The molecule has 10 heterocycles. The second-order valence-electron chi connectivity index (χ2n) is 28.8. The van der Waals surface area contributed by atoms with Crippen LogP contribution in [-0.4, -0.2) is 172 Å². The molecule has 2 N–H and O–H groups in total. The number of ether oxygens (including phenoxy) is 4. The van der Waals surface area contributed by atoms with Gasteiger partial charge in [-0.1, -0.05) is 39.3 Å². The summed E-state index contributed by atoms with van der Waals surface area (Å²) in [6.45, 7) is 18.6. The molecule has 0 radical (unpaired) electrons. The number of halogens is 6. The van der Waals surface area contributed by atoms with Crippen LogP contribution in [0.3, 0.4) is 0 Å². The number of likely N-dealkylation sites (tertiary alicyclic amines) is 2. The summed E-state index contributed by atoms with van der Waals surface area (Å²) in [5, 5.41) is 49.3. The van der Waals surface area contributed by atoms with E-state index in [-0.39, 0.29) is 62.1 Å². The maximum Gasteiger partial charge on any atom is 0.433 e. The molecule has 22 nitrogen and oxygen atoms in total. The Hall–Kier alpha value is -7.69. The zero-order chi connectivity index (χ0) is 69.6. The van der Waals surface area contributed by atoms with Crippen molar-refractivity contribution in [3.63, 3.8) is 0 Å². The van der Waals surface area contributed by atoms with Crippen molar-refractivity contribution in [2.45, 2.75) is 190 Å². The van der Waals surface area contributed by atoms with Gasteiger partial charge in [-0.3, -0.25) is 19.2 Å². The van der Waals surface area contributed by atoms with Gasteiger partial charge in [-0.15, -0.1) is 0 Å². The van der Waals surface area contributed by atoms with Gasteiger partial charge in [-0.2, -0.15) is 47.1 Å². The zero-order valence-electron chi connectivity index (χ0n) is 56.3. The molecule has 8 aromatic rings. The topological polar surface area (TPSA) is 254 Å². The molecule has 0 bridgehead atoms. The molecule has 2 saturated carbocycles. The number of alkyl halides is 6. The number of piperidine rings is 2. The van der Waals surface area contributed by atoms with E-state index in [0.29, 0.717) is 63.1 Å². The fourth-order valence-corrected chi connectivity index (χ4v) is 15.1. The van der Waals surface area contributed by atoms with E-state index in [1.165, 1.54) is 12.1 Å². The van der Waals surface area contributed by atoms with Gasteiger partial charge < -0.3 is 38.3 Å². The molecule has 30 heteroatoms. The molecule has 2 aliphatic carbocycles. The molecule has 524 valence electrons. The van der Waals surface area contributed by atoms with E-state index in [4.69, 9.17) is 29.1 Å². The Balaban J connectivity index is 0.000000198. The Bertz CT molecular complexity index is 3830. The lowest BCUT2D eigenvalue weighted by Gasteiger charge is -2.52. The Morgan fingerprint density at radius 3 is 1.31 bits per heavy atom. The predicted octanol–water partition coefficient (Wildman–Crippen LogP) is 11.7. The van der Waals surface area contributed by atoms with Crippen molar-refractivity contribution in [2.24, 2.45) is 0 Å². The van der Waals surface area contributed by atoms with Gasteiger partial charge in [-0.05, 0) is 112 Å². The normalized spacial score (nSPS) is 20.7. The van der Waals surface area contributed by atoms with Gasteiger partial charge in [0.25, 0.3) is 0 Å². The molecule has 8 aromatic heterocycles. The summed E-state index contributed by atoms with van der Waals surface area (Å²) in [7, 11) is -2.36. The molecule has 12 rings (SSSR count). The highest BCUT2D eigenvalue weighted by molar-refractivity contribution is 6.76. The molecular weight excluding hydrogens is 1310 g/mol. The van der Waals surface area contributed by atoms with Crippen LogP contribution in [0.25, 0.3) is 44.6 Å². The SMILES string of the molecule is C[Si](C)(C)CCOCn1ccc2c(-c3cnn(C4(CC#N)CC(N5CCC(Oc6cc(CCO)cc(C(F)(F)F)n6)CC5)C4)c3)ncnc21.C[Si](C)(C)CCOCn1ccc2c(-c3cnn(C4(CC#N)CC(N5CCC(Oc6cc(CCO)cc(C(F)(F)F)n6)CC5)C4)c3)ncnc21. The van der Waals surface area contributed by atoms with Crippen LogP contribution < -0.4 is 9.47 Å². The number of rotatable bonds is 26. The Morgan fingerprint density at radius 1 is 0.571 bits per heavy atom. The molecular formula is C68H86F6N16O6Si2. The summed E-state index contributed by atoms with van der Waals surface area (Å²) in [4.78, 5) is 30.4. The highest BCUT2D eigenvalue weighted by Crippen LogP contribution is 2.48. The fraction of sp³-hybridized carbons (Fsp3) is 0.559. The molecule has 2 aliphatic heterocycles. The molecule has 98 heavy (non-hydrogen) atoms. The van der Waals surface area contributed by atoms with Crippen LogP contribution in [-0.2, 0) is 59.2 Å². The van der Waals surface area contributed by atoms with Gasteiger partial charge in [0.05, 0.1) is 59.8 Å². The summed E-state index contributed by atoms with van der Waals surface area (Å²) in [6, 6.07) is 16.3. The largest absolute Gasteiger partial charge is 0.474 e.